The highest BCUT2D eigenvalue weighted by molar-refractivity contribution is 5.95. The van der Waals surface area contributed by atoms with Gasteiger partial charge < -0.3 is 19.7 Å². The molecule has 1 aromatic heterocycles. The van der Waals surface area contributed by atoms with Gasteiger partial charge in [0.25, 0.3) is 5.91 Å². The zero-order valence-electron chi connectivity index (χ0n) is 18.7. The Morgan fingerprint density at radius 1 is 1.16 bits per heavy atom. The van der Waals surface area contributed by atoms with E-state index < -0.39 is 5.54 Å². The summed E-state index contributed by atoms with van der Waals surface area (Å²) in [5.74, 6) is 0.238. The predicted octanol–water partition coefficient (Wildman–Crippen LogP) is 3.62. The highest BCUT2D eigenvalue weighted by Crippen LogP contribution is 2.31. The summed E-state index contributed by atoms with van der Waals surface area (Å²) in [6, 6.07) is 14.8. The fourth-order valence-corrected chi connectivity index (χ4v) is 4.14. The van der Waals surface area contributed by atoms with Crippen LogP contribution in [0.3, 0.4) is 0 Å². The molecule has 2 atom stereocenters. The summed E-state index contributed by atoms with van der Waals surface area (Å²) in [5.41, 5.74) is 2.27. The molecule has 1 heterocycles. The highest BCUT2D eigenvalue weighted by Gasteiger charge is 2.35. The third-order valence-corrected chi connectivity index (χ3v) is 6.17. The quantitative estimate of drug-likeness (QED) is 0.617. The van der Waals surface area contributed by atoms with Crippen LogP contribution in [0.5, 0.6) is 0 Å². The number of hydrogen-bond donors (Lipinski definition) is 2. The number of nitrogens with zero attached hydrogens (tertiary/aromatic N) is 2. The first-order valence-corrected chi connectivity index (χ1v) is 10.9. The average molecular weight is 436 g/mol. The Morgan fingerprint density at radius 3 is 2.56 bits per heavy atom. The van der Waals surface area contributed by atoms with Crippen molar-refractivity contribution in [2.75, 3.05) is 13.7 Å². The molecule has 1 saturated carbocycles. The van der Waals surface area contributed by atoms with Crippen LogP contribution in [0.15, 0.2) is 52.9 Å². The number of nitrogens with one attached hydrogen (secondary N) is 1. The van der Waals surface area contributed by atoms with Crippen LogP contribution in [0.2, 0.25) is 0 Å². The number of fused-ring (bicyclic) bond motifs is 1. The molecule has 2 N–H and O–H groups in total. The Kier molecular flexibility index (Phi) is 6.02. The molecule has 2 unspecified atom stereocenters. The van der Waals surface area contributed by atoms with Gasteiger partial charge in [0.2, 0.25) is 11.8 Å². The fourth-order valence-electron chi connectivity index (χ4n) is 4.14. The maximum absolute atomic E-state index is 13.0. The number of aromatic nitrogens is 1. The van der Waals surface area contributed by atoms with E-state index in [1.807, 2.05) is 36.4 Å². The first-order chi connectivity index (χ1) is 15.3. The maximum Gasteiger partial charge on any atom is 0.253 e. The Hall–Kier alpha value is -3.19. The van der Waals surface area contributed by atoms with Crippen molar-refractivity contribution >= 4 is 22.9 Å². The lowest BCUT2D eigenvalue weighted by Gasteiger charge is -2.27. The minimum Gasteiger partial charge on any atom is -0.436 e. The van der Waals surface area contributed by atoms with Gasteiger partial charge in [-0.05, 0) is 69.5 Å². The van der Waals surface area contributed by atoms with Crippen LogP contribution in [0, 0.1) is 5.92 Å². The van der Waals surface area contributed by atoms with Crippen LogP contribution in [0.25, 0.3) is 22.6 Å². The van der Waals surface area contributed by atoms with Crippen molar-refractivity contribution < 1.29 is 19.1 Å². The lowest BCUT2D eigenvalue weighted by Crippen LogP contribution is -2.48. The summed E-state index contributed by atoms with van der Waals surface area (Å²) in [4.78, 5) is 31.8. The molecule has 0 saturated heterocycles. The predicted molar refractivity (Wildman–Crippen MR) is 122 cm³/mol. The SMILES string of the molecule is CN(C(=O)c1ccc(-c2nc3ccccc3o2)cc1)C1CCC(C(=O)NC(C)(C)CO)C1. The standard InChI is InChI=1S/C25H29N3O4/c1-25(2,15-29)27-22(30)18-12-13-19(14-18)28(3)24(31)17-10-8-16(9-11-17)23-26-20-6-4-5-7-21(20)32-23/h4-11,18-19,29H,12-15H2,1-3H3,(H,27,30). The average Bonchev–Trinajstić information content (AvgIpc) is 3.45. The largest absolute Gasteiger partial charge is 0.436 e. The topological polar surface area (TPSA) is 95.7 Å². The second-order valence-corrected chi connectivity index (χ2v) is 9.18. The van der Waals surface area contributed by atoms with E-state index in [2.05, 4.69) is 10.3 Å². The van der Waals surface area contributed by atoms with Crippen LogP contribution >= 0.6 is 0 Å². The summed E-state index contributed by atoms with van der Waals surface area (Å²) in [6.45, 7) is 3.46. The summed E-state index contributed by atoms with van der Waals surface area (Å²) >= 11 is 0. The zero-order valence-corrected chi connectivity index (χ0v) is 18.7. The van der Waals surface area contributed by atoms with Crippen molar-refractivity contribution in [3.63, 3.8) is 0 Å². The molecule has 1 aliphatic rings. The maximum atomic E-state index is 13.0. The molecule has 1 fully saturated rings. The number of hydrogen-bond acceptors (Lipinski definition) is 5. The number of rotatable bonds is 6. The molecule has 0 spiro atoms. The molecule has 0 bridgehead atoms. The summed E-state index contributed by atoms with van der Waals surface area (Å²) in [7, 11) is 1.79. The minimum absolute atomic E-state index is 0.00667. The number of aliphatic hydroxyl groups excluding tert-OH is 1. The molecular weight excluding hydrogens is 406 g/mol. The molecule has 4 rings (SSSR count). The number of para-hydroxylation sites is 2. The molecule has 2 aromatic carbocycles. The molecule has 168 valence electrons. The molecule has 3 aromatic rings. The number of benzene rings is 2. The van der Waals surface area contributed by atoms with Gasteiger partial charge in [0.05, 0.1) is 12.1 Å². The molecule has 32 heavy (non-hydrogen) atoms. The molecule has 0 radical (unpaired) electrons. The van der Waals surface area contributed by atoms with Crippen molar-refractivity contribution in [1.82, 2.24) is 15.2 Å². The number of amides is 2. The second-order valence-electron chi connectivity index (χ2n) is 9.18. The van der Waals surface area contributed by atoms with Gasteiger partial charge in [-0.3, -0.25) is 9.59 Å². The van der Waals surface area contributed by atoms with Crippen LogP contribution in [0.4, 0.5) is 0 Å². The smallest absolute Gasteiger partial charge is 0.253 e. The minimum atomic E-state index is -0.646. The summed E-state index contributed by atoms with van der Waals surface area (Å²) < 4.78 is 5.80. The first kappa shape index (κ1) is 22.0. The monoisotopic (exact) mass is 435 g/mol. The third-order valence-electron chi connectivity index (χ3n) is 6.17. The summed E-state index contributed by atoms with van der Waals surface area (Å²) in [6.07, 6.45) is 2.13. The van der Waals surface area contributed by atoms with Gasteiger partial charge in [-0.2, -0.15) is 0 Å². The molecule has 0 aliphatic heterocycles. The molecule has 1 aliphatic carbocycles. The van der Waals surface area contributed by atoms with Gasteiger partial charge >= 0.3 is 0 Å². The molecule has 2 amide bonds. The van der Waals surface area contributed by atoms with E-state index in [9.17, 15) is 14.7 Å². The lowest BCUT2D eigenvalue weighted by molar-refractivity contribution is -0.127. The van der Waals surface area contributed by atoms with Crippen molar-refractivity contribution in [2.24, 2.45) is 5.92 Å². The molecular formula is C25H29N3O4. The number of carbonyl (C=O) groups excluding carboxylic acids is 2. The number of aliphatic hydroxyl groups is 1. The van der Waals surface area contributed by atoms with E-state index >= 15 is 0 Å². The second kappa shape index (κ2) is 8.74. The van der Waals surface area contributed by atoms with Crippen molar-refractivity contribution in [2.45, 2.75) is 44.7 Å². The van der Waals surface area contributed by atoms with Crippen LogP contribution in [0.1, 0.15) is 43.5 Å². The van der Waals surface area contributed by atoms with E-state index in [4.69, 9.17) is 4.42 Å². The third kappa shape index (κ3) is 4.53. The van der Waals surface area contributed by atoms with E-state index in [1.54, 1.807) is 37.9 Å². The van der Waals surface area contributed by atoms with Gasteiger partial charge in [-0.25, -0.2) is 4.98 Å². The Labute approximate surface area is 187 Å². The van der Waals surface area contributed by atoms with Gasteiger partial charge in [-0.15, -0.1) is 0 Å². The van der Waals surface area contributed by atoms with Gasteiger partial charge in [-0.1, -0.05) is 12.1 Å². The number of carbonyl (C=O) groups is 2. The normalized spacial score (nSPS) is 18.6. The van der Waals surface area contributed by atoms with E-state index in [1.165, 1.54) is 0 Å². The van der Waals surface area contributed by atoms with Gasteiger partial charge in [0.1, 0.15) is 5.52 Å². The van der Waals surface area contributed by atoms with Gasteiger partial charge in [0, 0.05) is 30.1 Å². The van der Waals surface area contributed by atoms with Gasteiger partial charge in [0.15, 0.2) is 5.58 Å². The van der Waals surface area contributed by atoms with Crippen LogP contribution < -0.4 is 5.32 Å². The van der Waals surface area contributed by atoms with E-state index in [-0.39, 0.29) is 30.4 Å². The van der Waals surface area contributed by atoms with Crippen LogP contribution in [-0.4, -0.2) is 52.0 Å². The van der Waals surface area contributed by atoms with Crippen LogP contribution in [-0.2, 0) is 4.79 Å². The van der Waals surface area contributed by atoms with E-state index in [0.717, 1.165) is 29.5 Å². The van der Waals surface area contributed by atoms with E-state index in [0.29, 0.717) is 17.9 Å². The zero-order chi connectivity index (χ0) is 22.9. The summed E-state index contributed by atoms with van der Waals surface area (Å²) in [5, 5.41) is 12.3. The Bertz CT molecular complexity index is 1090. The van der Waals surface area contributed by atoms with Crippen molar-refractivity contribution in [1.29, 1.82) is 0 Å². The Morgan fingerprint density at radius 2 is 1.88 bits per heavy atom. The van der Waals surface area contributed by atoms with Crippen molar-refractivity contribution in [3.8, 4) is 11.5 Å². The molecule has 7 heteroatoms. The highest BCUT2D eigenvalue weighted by atomic mass is 16.3. The van der Waals surface area contributed by atoms with Crippen molar-refractivity contribution in [3.05, 3.63) is 54.1 Å². The fraction of sp³-hybridized carbons (Fsp3) is 0.400. The first-order valence-electron chi connectivity index (χ1n) is 10.9. The lowest BCUT2D eigenvalue weighted by atomic mass is 10.0. The Balaban J connectivity index is 1.40. The molecule has 7 nitrogen and oxygen atoms in total. The number of oxazole rings is 1.